The molecule has 3 rings (SSSR count). The number of benzene rings is 1. The number of rotatable bonds is 7. The number of hydrogen-bond donors (Lipinski definition) is 0. The highest BCUT2D eigenvalue weighted by molar-refractivity contribution is 6.31. The van der Waals surface area contributed by atoms with Gasteiger partial charge in [-0.3, -0.25) is 14.2 Å². The summed E-state index contributed by atoms with van der Waals surface area (Å²) < 4.78 is 1.68. The van der Waals surface area contributed by atoms with Crippen LogP contribution >= 0.6 is 11.6 Å². The van der Waals surface area contributed by atoms with E-state index in [0.717, 1.165) is 32.2 Å². The minimum Gasteiger partial charge on any atom is -0.331 e. The molecule has 1 fully saturated rings. The Kier molecular flexibility index (Phi) is 7.53. The quantitative estimate of drug-likeness (QED) is 0.660. The van der Waals surface area contributed by atoms with Gasteiger partial charge in [0.05, 0.1) is 16.9 Å². The minimum atomic E-state index is -0.285. The van der Waals surface area contributed by atoms with Crippen molar-refractivity contribution >= 4 is 28.4 Å². The summed E-state index contributed by atoms with van der Waals surface area (Å²) in [6, 6.07) is 4.91. The van der Waals surface area contributed by atoms with Crippen LogP contribution < -0.4 is 5.56 Å². The molecule has 0 bridgehead atoms. The zero-order valence-electron chi connectivity index (χ0n) is 18.5. The average molecular weight is 433 g/mol. The first-order chi connectivity index (χ1) is 14.3. The van der Waals surface area contributed by atoms with Gasteiger partial charge < -0.3 is 9.80 Å². The van der Waals surface area contributed by atoms with Gasteiger partial charge in [-0.05, 0) is 59.0 Å². The number of nitrogens with zero attached hydrogens (tertiary/aromatic N) is 4. The number of hydrogen-bond acceptors (Lipinski definition) is 4. The molecule has 1 heterocycles. The molecule has 0 saturated heterocycles. The van der Waals surface area contributed by atoms with Crippen molar-refractivity contribution in [2.24, 2.45) is 5.92 Å². The summed E-state index contributed by atoms with van der Waals surface area (Å²) in [5.74, 6) is 0.904. The summed E-state index contributed by atoms with van der Waals surface area (Å²) in [5.41, 5.74) is 0.512. The van der Waals surface area contributed by atoms with Crippen LogP contribution in [0.4, 0.5) is 0 Å². The number of carbonyl (C=O) groups is 1. The second-order valence-electron chi connectivity index (χ2n) is 8.53. The van der Waals surface area contributed by atoms with Crippen LogP contribution in [0.25, 0.3) is 10.9 Å². The molecule has 1 aliphatic rings. The number of likely N-dealkylation sites (N-methyl/N-ethyl adjacent to an activating group) is 1. The van der Waals surface area contributed by atoms with E-state index in [-0.39, 0.29) is 23.4 Å². The zero-order chi connectivity index (χ0) is 21.8. The molecule has 0 N–H and O–H groups in total. The molecule has 1 aromatic carbocycles. The first-order valence-corrected chi connectivity index (χ1v) is 11.4. The monoisotopic (exact) mass is 432 g/mol. The first-order valence-electron chi connectivity index (χ1n) is 11.0. The molecule has 0 spiro atoms. The first kappa shape index (κ1) is 22.8. The lowest BCUT2D eigenvalue weighted by atomic mass is 9.88. The molecule has 1 amide bonds. The van der Waals surface area contributed by atoms with Crippen LogP contribution in [0.3, 0.4) is 0 Å². The van der Waals surface area contributed by atoms with Crippen LogP contribution in [0.15, 0.2) is 23.0 Å². The summed E-state index contributed by atoms with van der Waals surface area (Å²) in [6.45, 7) is 5.80. The molecule has 0 radical (unpaired) electrons. The van der Waals surface area contributed by atoms with Gasteiger partial charge in [0.2, 0.25) is 5.91 Å². The summed E-state index contributed by atoms with van der Waals surface area (Å²) >= 11 is 6.10. The van der Waals surface area contributed by atoms with Crippen LogP contribution in [0.5, 0.6) is 0 Å². The van der Waals surface area contributed by atoms with Crippen molar-refractivity contribution in [1.82, 2.24) is 19.4 Å². The van der Waals surface area contributed by atoms with Crippen molar-refractivity contribution in [2.45, 2.75) is 58.5 Å². The molecular weight excluding hydrogens is 400 g/mol. The fourth-order valence-corrected chi connectivity index (χ4v) is 4.53. The van der Waals surface area contributed by atoms with E-state index >= 15 is 0 Å². The maximum Gasteiger partial charge on any atom is 0.261 e. The Morgan fingerprint density at radius 2 is 1.93 bits per heavy atom. The number of aromatic nitrogens is 2. The predicted molar refractivity (Wildman–Crippen MR) is 122 cm³/mol. The van der Waals surface area contributed by atoms with Crippen LogP contribution in [0, 0.1) is 5.92 Å². The van der Waals surface area contributed by atoms with Gasteiger partial charge in [-0.25, -0.2) is 4.98 Å². The molecule has 6 nitrogen and oxygen atoms in total. The minimum absolute atomic E-state index is 0.0735. The van der Waals surface area contributed by atoms with Crippen molar-refractivity contribution in [1.29, 1.82) is 0 Å². The van der Waals surface area contributed by atoms with E-state index in [2.05, 4.69) is 4.90 Å². The zero-order valence-corrected chi connectivity index (χ0v) is 19.3. The lowest BCUT2D eigenvalue weighted by molar-refractivity contribution is -0.139. The average Bonchev–Trinajstić information content (AvgIpc) is 2.74. The Labute approximate surface area is 183 Å². The summed E-state index contributed by atoms with van der Waals surface area (Å²) in [6.07, 6.45) is 5.34. The van der Waals surface area contributed by atoms with Gasteiger partial charge in [-0.2, -0.15) is 0 Å². The van der Waals surface area contributed by atoms with Gasteiger partial charge in [-0.15, -0.1) is 0 Å². The van der Waals surface area contributed by atoms with E-state index < -0.39 is 0 Å². The van der Waals surface area contributed by atoms with Gasteiger partial charge in [0, 0.05) is 30.6 Å². The van der Waals surface area contributed by atoms with Crippen LogP contribution in [0.1, 0.15) is 57.8 Å². The highest BCUT2D eigenvalue weighted by atomic mass is 35.5. The highest BCUT2D eigenvalue weighted by Crippen LogP contribution is 2.29. The lowest BCUT2D eigenvalue weighted by Gasteiger charge is -2.35. The van der Waals surface area contributed by atoms with Crippen molar-refractivity contribution in [3.63, 3.8) is 0 Å². The Hall–Kier alpha value is -1.92. The molecular formula is C23H33ClN4O2. The molecule has 7 heteroatoms. The maximum atomic E-state index is 13.5. The Morgan fingerprint density at radius 3 is 2.57 bits per heavy atom. The molecule has 0 aliphatic heterocycles. The van der Waals surface area contributed by atoms with Crippen LogP contribution in [0.2, 0.25) is 5.02 Å². The second kappa shape index (κ2) is 9.92. The van der Waals surface area contributed by atoms with Gasteiger partial charge >= 0.3 is 0 Å². The van der Waals surface area contributed by atoms with E-state index in [1.54, 1.807) is 22.8 Å². The molecule has 2 aromatic rings. The summed E-state index contributed by atoms with van der Waals surface area (Å²) in [5, 5.41) is 1.03. The Bertz CT molecular complexity index is 950. The fourth-order valence-electron chi connectivity index (χ4n) is 4.36. The van der Waals surface area contributed by atoms with Crippen molar-refractivity contribution in [2.75, 3.05) is 27.2 Å². The summed E-state index contributed by atoms with van der Waals surface area (Å²) in [4.78, 5) is 35.5. The highest BCUT2D eigenvalue weighted by Gasteiger charge is 2.31. The predicted octanol–water partition coefficient (Wildman–Crippen LogP) is 4.10. The van der Waals surface area contributed by atoms with Gasteiger partial charge in [0.15, 0.2) is 0 Å². The molecule has 1 aromatic heterocycles. The van der Waals surface area contributed by atoms with Crippen molar-refractivity contribution in [3.8, 4) is 0 Å². The standard InChI is InChI=1S/C23H33ClN4O2/c1-5-27-21(25-20-12-11-18(24)15-19(20)23(27)30)16(2)28(14-13-26(3)4)22(29)17-9-7-6-8-10-17/h11-12,15-17H,5-10,13-14H2,1-4H3. The molecule has 1 atom stereocenters. The lowest BCUT2D eigenvalue weighted by Crippen LogP contribution is -2.44. The normalized spacial score (nSPS) is 16.2. The van der Waals surface area contributed by atoms with E-state index in [1.807, 2.05) is 32.8 Å². The van der Waals surface area contributed by atoms with Crippen molar-refractivity contribution in [3.05, 3.63) is 39.4 Å². The van der Waals surface area contributed by atoms with Gasteiger partial charge in [0.1, 0.15) is 5.82 Å². The number of amides is 1. The summed E-state index contributed by atoms with van der Waals surface area (Å²) in [7, 11) is 4.02. The largest absolute Gasteiger partial charge is 0.331 e. The third-order valence-corrected chi connectivity index (χ3v) is 6.36. The van der Waals surface area contributed by atoms with E-state index in [0.29, 0.717) is 34.8 Å². The third-order valence-electron chi connectivity index (χ3n) is 6.13. The number of halogens is 1. The van der Waals surface area contributed by atoms with Gasteiger partial charge in [0.25, 0.3) is 5.56 Å². The SMILES string of the molecule is CCn1c(C(C)N(CCN(C)C)C(=O)C2CCCCC2)nc2ccc(Cl)cc2c1=O. The number of fused-ring (bicyclic) bond motifs is 1. The molecule has 164 valence electrons. The topological polar surface area (TPSA) is 58.4 Å². The Morgan fingerprint density at radius 1 is 1.23 bits per heavy atom. The molecule has 30 heavy (non-hydrogen) atoms. The van der Waals surface area contributed by atoms with E-state index in [9.17, 15) is 9.59 Å². The van der Waals surface area contributed by atoms with Crippen molar-refractivity contribution < 1.29 is 4.79 Å². The Balaban J connectivity index is 2.03. The fraction of sp³-hybridized carbons (Fsp3) is 0.609. The third kappa shape index (κ3) is 4.86. The number of carbonyl (C=O) groups excluding carboxylic acids is 1. The molecule has 1 saturated carbocycles. The van der Waals surface area contributed by atoms with Crippen LogP contribution in [-0.2, 0) is 11.3 Å². The van der Waals surface area contributed by atoms with E-state index in [1.165, 1.54) is 6.42 Å². The van der Waals surface area contributed by atoms with Crippen LogP contribution in [-0.4, -0.2) is 52.4 Å². The maximum absolute atomic E-state index is 13.5. The second-order valence-corrected chi connectivity index (χ2v) is 8.96. The molecule has 1 aliphatic carbocycles. The molecule has 1 unspecified atom stereocenters. The van der Waals surface area contributed by atoms with E-state index in [4.69, 9.17) is 16.6 Å². The van der Waals surface area contributed by atoms with Gasteiger partial charge in [-0.1, -0.05) is 30.9 Å². The smallest absolute Gasteiger partial charge is 0.261 e.